The van der Waals surface area contributed by atoms with Crippen LogP contribution in [-0.4, -0.2) is 10.7 Å². The lowest BCUT2D eigenvalue weighted by Gasteiger charge is -1.78. The second kappa shape index (κ2) is 9.33. The Hall–Kier alpha value is -0.670. The van der Waals surface area contributed by atoms with Gasteiger partial charge in [-0.25, -0.2) is 4.39 Å². The van der Waals surface area contributed by atoms with Crippen LogP contribution in [0.1, 0.15) is 0 Å². The fourth-order valence-corrected chi connectivity index (χ4v) is 0.342. The molecule has 0 bridgehead atoms. The minimum Gasteiger partial charge on any atom is -0.285 e. The van der Waals surface area contributed by atoms with Gasteiger partial charge in [0.1, 0.15) is 5.82 Å². The highest BCUT2D eigenvalue weighted by molar-refractivity contribution is 6.54. The van der Waals surface area contributed by atoms with Gasteiger partial charge in [-0.2, -0.15) is 0 Å². The molecular formula is C6H6Cl2FNO. The number of aromatic nitrogens is 1. The highest BCUT2D eigenvalue weighted by Crippen LogP contribution is 1.87. The maximum atomic E-state index is 11.8. The SMILES string of the molecule is Cl.Fc1cccnc1.O=CCl. The van der Waals surface area contributed by atoms with Crippen molar-refractivity contribution in [3.05, 3.63) is 30.3 Å². The third kappa shape index (κ3) is 9.33. The average Bonchev–Trinajstić information content (AvgIpc) is 1.91. The topological polar surface area (TPSA) is 30.0 Å². The molecule has 0 aliphatic carbocycles. The molecule has 0 saturated heterocycles. The second-order valence-electron chi connectivity index (χ2n) is 1.26. The monoisotopic (exact) mass is 197 g/mol. The summed E-state index contributed by atoms with van der Waals surface area (Å²) in [5, 5.41) is 0. The molecule has 0 spiro atoms. The summed E-state index contributed by atoms with van der Waals surface area (Å²) in [7, 11) is 0. The van der Waals surface area contributed by atoms with E-state index in [-0.39, 0.29) is 24.0 Å². The molecule has 0 saturated carbocycles. The first-order valence-corrected chi connectivity index (χ1v) is 2.84. The van der Waals surface area contributed by atoms with E-state index >= 15 is 0 Å². The molecule has 1 heterocycles. The lowest BCUT2D eigenvalue weighted by molar-refractivity contribution is 0.569. The Balaban J connectivity index is 0. The molecule has 1 rings (SSSR count). The van der Waals surface area contributed by atoms with Gasteiger partial charge in [-0.1, -0.05) is 0 Å². The summed E-state index contributed by atoms with van der Waals surface area (Å²) in [6.45, 7) is 0. The molecule has 0 aromatic carbocycles. The van der Waals surface area contributed by atoms with E-state index in [9.17, 15) is 4.39 Å². The summed E-state index contributed by atoms with van der Waals surface area (Å²) < 4.78 is 11.8. The molecule has 0 aliphatic heterocycles. The van der Waals surface area contributed by atoms with Crippen molar-refractivity contribution >= 4 is 29.8 Å². The van der Waals surface area contributed by atoms with E-state index < -0.39 is 0 Å². The predicted octanol–water partition coefficient (Wildman–Crippen LogP) is 2.06. The van der Waals surface area contributed by atoms with Crippen LogP contribution in [0.5, 0.6) is 0 Å². The molecule has 0 fully saturated rings. The van der Waals surface area contributed by atoms with Crippen LogP contribution in [0.25, 0.3) is 0 Å². The van der Waals surface area contributed by atoms with Gasteiger partial charge in [-0.15, -0.1) is 12.4 Å². The van der Waals surface area contributed by atoms with Gasteiger partial charge in [0.2, 0.25) is 5.75 Å². The molecule has 0 aliphatic rings. The van der Waals surface area contributed by atoms with E-state index in [0.717, 1.165) is 0 Å². The van der Waals surface area contributed by atoms with Crippen LogP contribution in [0.2, 0.25) is 0 Å². The number of nitrogens with zero attached hydrogens (tertiary/aromatic N) is 1. The Morgan fingerprint density at radius 3 is 2.36 bits per heavy atom. The van der Waals surface area contributed by atoms with Gasteiger partial charge in [0.25, 0.3) is 0 Å². The molecule has 0 N–H and O–H groups in total. The number of carbonyl (C=O) groups excluding carboxylic acids is 1. The van der Waals surface area contributed by atoms with Crippen molar-refractivity contribution in [2.24, 2.45) is 0 Å². The molecule has 0 unspecified atom stereocenters. The molecule has 1 aromatic heterocycles. The van der Waals surface area contributed by atoms with Gasteiger partial charge in [-0.05, 0) is 23.7 Å². The summed E-state index contributed by atoms with van der Waals surface area (Å²) in [6.07, 6.45) is 2.70. The zero-order valence-electron chi connectivity index (χ0n) is 5.41. The summed E-state index contributed by atoms with van der Waals surface area (Å²) >= 11 is 4.32. The largest absolute Gasteiger partial charge is 0.285 e. The molecule has 0 amide bonds. The number of halogens is 3. The predicted molar refractivity (Wildman–Crippen MR) is 44.0 cm³/mol. The van der Waals surface area contributed by atoms with Crippen LogP contribution in [0.3, 0.4) is 0 Å². The number of carbonyl (C=O) groups is 1. The molecule has 11 heavy (non-hydrogen) atoms. The maximum Gasteiger partial charge on any atom is 0.208 e. The van der Waals surface area contributed by atoms with Crippen molar-refractivity contribution in [3.63, 3.8) is 0 Å². The van der Waals surface area contributed by atoms with Crippen LogP contribution in [0.15, 0.2) is 24.5 Å². The number of rotatable bonds is 0. The lowest BCUT2D eigenvalue weighted by atomic mass is 10.5. The second-order valence-corrected chi connectivity index (χ2v) is 1.44. The van der Waals surface area contributed by atoms with Crippen molar-refractivity contribution in [3.8, 4) is 0 Å². The van der Waals surface area contributed by atoms with Gasteiger partial charge in [-0.3, -0.25) is 9.78 Å². The fourth-order valence-electron chi connectivity index (χ4n) is 0.342. The Morgan fingerprint density at radius 2 is 2.18 bits per heavy atom. The fraction of sp³-hybridized carbons (Fsp3) is 0. The van der Waals surface area contributed by atoms with Gasteiger partial charge >= 0.3 is 0 Å². The summed E-state index contributed by atoms with van der Waals surface area (Å²) in [5.41, 5.74) is 0. The average molecular weight is 198 g/mol. The van der Waals surface area contributed by atoms with E-state index in [2.05, 4.69) is 16.6 Å². The minimum absolute atomic E-state index is 0. The van der Waals surface area contributed by atoms with Crippen LogP contribution in [0, 0.1) is 5.82 Å². The van der Waals surface area contributed by atoms with Crippen LogP contribution < -0.4 is 0 Å². The highest BCUT2D eigenvalue weighted by Gasteiger charge is 1.78. The first-order chi connectivity index (χ1) is 4.81. The minimum atomic E-state index is -0.289. The molecular weight excluding hydrogens is 192 g/mol. The summed E-state index contributed by atoms with van der Waals surface area (Å²) in [4.78, 5) is 12.1. The third-order valence-corrected chi connectivity index (χ3v) is 0.625. The third-order valence-electron chi connectivity index (χ3n) is 0.625. The smallest absolute Gasteiger partial charge is 0.208 e. The first-order valence-electron chi connectivity index (χ1n) is 2.40. The van der Waals surface area contributed by atoms with Gasteiger partial charge in [0, 0.05) is 6.20 Å². The summed E-state index contributed by atoms with van der Waals surface area (Å²) in [5.74, 6) is -0.0671. The van der Waals surface area contributed by atoms with E-state index in [1.807, 2.05) is 0 Å². The Labute approximate surface area is 74.8 Å². The van der Waals surface area contributed by atoms with Gasteiger partial charge in [0.15, 0.2) is 0 Å². The van der Waals surface area contributed by atoms with Crippen LogP contribution in [-0.2, 0) is 4.79 Å². The van der Waals surface area contributed by atoms with E-state index in [1.54, 1.807) is 6.07 Å². The molecule has 1 aromatic rings. The van der Waals surface area contributed by atoms with Gasteiger partial charge in [0.05, 0.1) is 6.20 Å². The molecule has 62 valence electrons. The molecule has 2 nitrogen and oxygen atoms in total. The first kappa shape index (κ1) is 13.0. The zero-order chi connectivity index (χ0) is 7.82. The van der Waals surface area contributed by atoms with Crippen molar-refractivity contribution in [2.45, 2.75) is 0 Å². The highest BCUT2D eigenvalue weighted by atomic mass is 35.5. The Bertz CT molecular complexity index is 183. The van der Waals surface area contributed by atoms with E-state index in [1.165, 1.54) is 18.5 Å². The quantitative estimate of drug-likeness (QED) is 0.471. The van der Waals surface area contributed by atoms with Crippen LogP contribution in [0.4, 0.5) is 4.39 Å². The maximum absolute atomic E-state index is 11.8. The van der Waals surface area contributed by atoms with Crippen LogP contribution >= 0.6 is 24.0 Å². The standard InChI is InChI=1S/C5H4FN.CHClO.ClH/c6-5-2-1-3-7-4-5;2-1-3;/h1-4H;1H;1H. The number of pyridine rings is 1. The number of hydrogen-bond donors (Lipinski definition) is 0. The van der Waals surface area contributed by atoms with Crippen molar-refractivity contribution in [1.29, 1.82) is 0 Å². The normalized spacial score (nSPS) is 6.73. The Kier molecular flexibility index (Phi) is 11.0. The zero-order valence-corrected chi connectivity index (χ0v) is 6.98. The van der Waals surface area contributed by atoms with Crippen molar-refractivity contribution < 1.29 is 9.18 Å². The Morgan fingerprint density at radius 1 is 1.64 bits per heavy atom. The number of hydrogen-bond acceptors (Lipinski definition) is 2. The molecule has 5 heteroatoms. The van der Waals surface area contributed by atoms with E-state index in [4.69, 9.17) is 4.79 Å². The van der Waals surface area contributed by atoms with E-state index in [0.29, 0.717) is 0 Å². The lowest BCUT2D eigenvalue weighted by Crippen LogP contribution is -1.70. The van der Waals surface area contributed by atoms with Crippen molar-refractivity contribution in [1.82, 2.24) is 4.98 Å². The van der Waals surface area contributed by atoms with Crippen molar-refractivity contribution in [2.75, 3.05) is 0 Å². The van der Waals surface area contributed by atoms with Gasteiger partial charge < -0.3 is 0 Å². The molecule has 0 atom stereocenters. The summed E-state index contributed by atoms with van der Waals surface area (Å²) in [6, 6.07) is 2.91. The molecule has 0 radical (unpaired) electrons.